The van der Waals surface area contributed by atoms with Crippen molar-refractivity contribution < 1.29 is 8.42 Å². The summed E-state index contributed by atoms with van der Waals surface area (Å²) in [6.45, 7) is 6.13. The lowest BCUT2D eigenvalue weighted by atomic mass is 10.1. The minimum Gasteiger partial charge on any atom is -0.368 e. The van der Waals surface area contributed by atoms with E-state index in [1.54, 1.807) is 12.1 Å². The SMILES string of the molecule is CC1CN(c2cccc(NS(=O)(=O)c3cc4ccccc4s3)c2)CC(C)N1. The molecule has 2 unspecified atom stereocenters. The highest BCUT2D eigenvalue weighted by molar-refractivity contribution is 7.94. The van der Waals surface area contributed by atoms with Crippen LogP contribution in [-0.4, -0.2) is 33.6 Å². The summed E-state index contributed by atoms with van der Waals surface area (Å²) in [4.78, 5) is 2.29. The lowest BCUT2D eigenvalue weighted by molar-refractivity contribution is 0.407. The first kappa shape index (κ1) is 18.3. The van der Waals surface area contributed by atoms with E-state index in [4.69, 9.17) is 0 Å². The Kier molecular flexibility index (Phi) is 4.84. The molecular formula is C20H23N3O2S2. The fraction of sp³-hybridized carbons (Fsp3) is 0.300. The molecule has 2 aromatic carbocycles. The van der Waals surface area contributed by atoms with E-state index < -0.39 is 10.0 Å². The highest BCUT2D eigenvalue weighted by Crippen LogP contribution is 2.31. The average Bonchev–Trinajstić information content (AvgIpc) is 3.06. The van der Waals surface area contributed by atoms with E-state index >= 15 is 0 Å². The summed E-state index contributed by atoms with van der Waals surface area (Å²) in [5.41, 5.74) is 1.62. The number of hydrogen-bond acceptors (Lipinski definition) is 5. The molecule has 2 atom stereocenters. The molecule has 0 radical (unpaired) electrons. The van der Waals surface area contributed by atoms with Crippen molar-refractivity contribution in [2.24, 2.45) is 0 Å². The molecule has 3 aromatic rings. The molecule has 0 aliphatic carbocycles. The number of hydrogen-bond donors (Lipinski definition) is 2. The van der Waals surface area contributed by atoms with Gasteiger partial charge in [-0.25, -0.2) is 8.42 Å². The number of fused-ring (bicyclic) bond motifs is 1. The standard InChI is InChI=1S/C20H23N3O2S2/c1-14-12-23(13-15(2)21-14)18-8-5-7-17(11-18)22-27(24,25)20-10-16-6-3-4-9-19(16)26-20/h3-11,14-15,21-22H,12-13H2,1-2H3. The molecule has 1 saturated heterocycles. The highest BCUT2D eigenvalue weighted by atomic mass is 32.2. The first-order valence-corrected chi connectivity index (χ1v) is 11.3. The topological polar surface area (TPSA) is 61.4 Å². The van der Waals surface area contributed by atoms with Crippen molar-refractivity contribution >= 4 is 42.8 Å². The quantitative estimate of drug-likeness (QED) is 0.696. The second kappa shape index (κ2) is 7.14. The van der Waals surface area contributed by atoms with Crippen LogP contribution in [0.25, 0.3) is 10.1 Å². The third kappa shape index (κ3) is 3.95. The van der Waals surface area contributed by atoms with Gasteiger partial charge in [0.1, 0.15) is 4.21 Å². The van der Waals surface area contributed by atoms with E-state index in [0.29, 0.717) is 22.0 Å². The van der Waals surface area contributed by atoms with E-state index in [0.717, 1.165) is 28.9 Å². The molecular weight excluding hydrogens is 378 g/mol. The minimum absolute atomic E-state index is 0.332. The van der Waals surface area contributed by atoms with E-state index in [1.807, 2.05) is 42.5 Å². The monoisotopic (exact) mass is 401 g/mol. The van der Waals surface area contributed by atoms with E-state index in [9.17, 15) is 8.42 Å². The molecule has 1 fully saturated rings. The van der Waals surface area contributed by atoms with Gasteiger partial charge in [-0.3, -0.25) is 4.72 Å². The molecule has 7 heteroatoms. The van der Waals surface area contributed by atoms with Crippen molar-refractivity contribution in [2.75, 3.05) is 22.7 Å². The number of sulfonamides is 1. The Hall–Kier alpha value is -2.09. The summed E-state index contributed by atoms with van der Waals surface area (Å²) in [7, 11) is -3.61. The van der Waals surface area contributed by atoms with Crippen molar-refractivity contribution in [1.82, 2.24) is 5.32 Å². The Morgan fingerprint density at radius 2 is 1.78 bits per heavy atom. The molecule has 1 aromatic heterocycles. The van der Waals surface area contributed by atoms with Gasteiger partial charge in [0, 0.05) is 35.6 Å². The summed E-state index contributed by atoms with van der Waals surface area (Å²) in [5.74, 6) is 0. The van der Waals surface area contributed by atoms with Gasteiger partial charge in [-0.1, -0.05) is 24.3 Å². The van der Waals surface area contributed by atoms with Gasteiger partial charge < -0.3 is 10.2 Å². The van der Waals surface area contributed by atoms with Crippen molar-refractivity contribution in [3.05, 3.63) is 54.6 Å². The zero-order valence-corrected chi connectivity index (χ0v) is 17.0. The number of anilines is 2. The van der Waals surface area contributed by atoms with Gasteiger partial charge in [-0.15, -0.1) is 11.3 Å². The van der Waals surface area contributed by atoms with Crippen LogP contribution in [0.4, 0.5) is 11.4 Å². The second-order valence-electron chi connectivity index (χ2n) is 7.13. The molecule has 0 saturated carbocycles. The molecule has 142 valence electrons. The van der Waals surface area contributed by atoms with Gasteiger partial charge in [0.15, 0.2) is 0 Å². The van der Waals surface area contributed by atoms with Gasteiger partial charge in [0.2, 0.25) is 0 Å². The second-order valence-corrected chi connectivity index (χ2v) is 10.1. The zero-order valence-electron chi connectivity index (χ0n) is 15.3. The van der Waals surface area contributed by atoms with Crippen LogP contribution in [0.2, 0.25) is 0 Å². The van der Waals surface area contributed by atoms with Crippen molar-refractivity contribution in [1.29, 1.82) is 0 Å². The third-order valence-corrected chi connectivity index (χ3v) is 7.66. The normalized spacial score (nSPS) is 20.7. The van der Waals surface area contributed by atoms with Crippen molar-refractivity contribution in [3.8, 4) is 0 Å². The summed E-state index contributed by atoms with van der Waals surface area (Å²) >= 11 is 1.29. The first-order valence-electron chi connectivity index (χ1n) is 9.03. The van der Waals surface area contributed by atoms with Crippen LogP contribution < -0.4 is 14.9 Å². The van der Waals surface area contributed by atoms with E-state index in [2.05, 4.69) is 28.8 Å². The predicted octanol–water partition coefficient (Wildman–Crippen LogP) is 3.89. The average molecular weight is 402 g/mol. The van der Waals surface area contributed by atoms with Crippen molar-refractivity contribution in [3.63, 3.8) is 0 Å². The Morgan fingerprint density at radius 1 is 1.04 bits per heavy atom. The maximum Gasteiger partial charge on any atom is 0.271 e. The minimum atomic E-state index is -3.61. The Morgan fingerprint density at radius 3 is 2.52 bits per heavy atom. The molecule has 5 nitrogen and oxygen atoms in total. The first-order chi connectivity index (χ1) is 12.9. The highest BCUT2D eigenvalue weighted by Gasteiger charge is 2.22. The summed E-state index contributed by atoms with van der Waals surface area (Å²) < 4.78 is 29.7. The van der Waals surface area contributed by atoms with Gasteiger partial charge >= 0.3 is 0 Å². The Bertz CT molecular complexity index is 1020. The number of nitrogens with zero attached hydrogens (tertiary/aromatic N) is 1. The maximum atomic E-state index is 12.8. The number of piperazine rings is 1. The zero-order chi connectivity index (χ0) is 19.0. The number of nitrogens with one attached hydrogen (secondary N) is 2. The third-order valence-electron chi connectivity index (χ3n) is 4.69. The molecule has 0 bridgehead atoms. The molecule has 2 N–H and O–H groups in total. The number of thiophene rings is 1. The summed E-state index contributed by atoms with van der Waals surface area (Å²) in [5, 5.41) is 4.46. The maximum absolute atomic E-state index is 12.8. The number of benzene rings is 2. The Labute approximate surface area is 164 Å². The lowest BCUT2D eigenvalue weighted by Crippen LogP contribution is -2.54. The molecule has 2 heterocycles. The smallest absolute Gasteiger partial charge is 0.271 e. The summed E-state index contributed by atoms with van der Waals surface area (Å²) in [6, 6.07) is 17.9. The largest absolute Gasteiger partial charge is 0.368 e. The number of rotatable bonds is 4. The van der Waals surface area contributed by atoms with E-state index in [-0.39, 0.29) is 0 Å². The molecule has 1 aliphatic rings. The van der Waals surface area contributed by atoms with Gasteiger partial charge in [0.05, 0.1) is 5.69 Å². The molecule has 27 heavy (non-hydrogen) atoms. The predicted molar refractivity (Wildman–Crippen MR) is 113 cm³/mol. The summed E-state index contributed by atoms with van der Waals surface area (Å²) in [6.07, 6.45) is 0. The van der Waals surface area contributed by atoms with Crippen molar-refractivity contribution in [2.45, 2.75) is 30.1 Å². The molecule has 4 rings (SSSR count). The van der Waals surface area contributed by atoms with Crippen LogP contribution >= 0.6 is 11.3 Å². The molecule has 0 spiro atoms. The van der Waals surface area contributed by atoms with E-state index in [1.165, 1.54) is 11.3 Å². The van der Waals surface area contributed by atoms with Crippen LogP contribution in [0.15, 0.2) is 58.8 Å². The lowest BCUT2D eigenvalue weighted by Gasteiger charge is -2.37. The fourth-order valence-corrected chi connectivity index (χ4v) is 6.05. The van der Waals surface area contributed by atoms with Crippen LogP contribution in [0.1, 0.15) is 13.8 Å². The van der Waals surface area contributed by atoms with Gasteiger partial charge in [0.25, 0.3) is 10.0 Å². The van der Waals surface area contributed by atoms with Crippen LogP contribution in [0, 0.1) is 0 Å². The molecule has 0 amide bonds. The van der Waals surface area contributed by atoms with Crippen LogP contribution in [-0.2, 0) is 10.0 Å². The van der Waals surface area contributed by atoms with Crippen LogP contribution in [0.3, 0.4) is 0 Å². The Balaban J connectivity index is 1.58. The molecule has 1 aliphatic heterocycles. The van der Waals surface area contributed by atoms with Gasteiger partial charge in [-0.05, 0) is 49.6 Å². The van der Waals surface area contributed by atoms with Gasteiger partial charge in [-0.2, -0.15) is 0 Å². The fourth-order valence-electron chi connectivity index (χ4n) is 3.60. The van der Waals surface area contributed by atoms with Crippen LogP contribution in [0.5, 0.6) is 0 Å².